The van der Waals surface area contributed by atoms with Crippen molar-refractivity contribution < 1.29 is 19.1 Å². The van der Waals surface area contributed by atoms with E-state index in [0.29, 0.717) is 23.7 Å². The molecule has 1 aliphatic heterocycles. The summed E-state index contributed by atoms with van der Waals surface area (Å²) in [6.45, 7) is 6.63. The Bertz CT molecular complexity index is 959. The van der Waals surface area contributed by atoms with Gasteiger partial charge in [-0.3, -0.25) is 9.69 Å². The largest absolute Gasteiger partial charge is 0.490 e. The number of carbonyl (C=O) groups excluding carboxylic acids is 2. The lowest BCUT2D eigenvalue weighted by Crippen LogP contribution is -2.30. The van der Waals surface area contributed by atoms with Crippen molar-refractivity contribution in [3.05, 3.63) is 63.8 Å². The van der Waals surface area contributed by atoms with Gasteiger partial charge in [0.05, 0.1) is 23.7 Å². The molecule has 0 bridgehead atoms. The van der Waals surface area contributed by atoms with E-state index >= 15 is 0 Å². The fraction of sp³-hybridized carbons (Fsp3) is 0.304. The minimum atomic E-state index is -0.434. The molecular formula is C23H25BrN2O4. The van der Waals surface area contributed by atoms with Crippen LogP contribution in [0.25, 0.3) is 6.08 Å². The summed E-state index contributed by atoms with van der Waals surface area (Å²) in [7, 11) is 0. The molecule has 2 aromatic carbocycles. The molecule has 0 aromatic heterocycles. The van der Waals surface area contributed by atoms with Crippen molar-refractivity contribution in [1.29, 1.82) is 0 Å². The third-order valence-electron chi connectivity index (χ3n) is 4.68. The first-order chi connectivity index (χ1) is 14.4. The molecule has 0 radical (unpaired) electrons. The second-order valence-electron chi connectivity index (χ2n) is 6.96. The van der Waals surface area contributed by atoms with Crippen molar-refractivity contribution in [2.24, 2.45) is 0 Å². The summed E-state index contributed by atoms with van der Waals surface area (Å²) in [5.74, 6) is 0.843. The predicted octanol–water partition coefficient (Wildman–Crippen LogP) is 5.12. The first-order valence-corrected chi connectivity index (χ1v) is 10.7. The summed E-state index contributed by atoms with van der Waals surface area (Å²) in [6.07, 6.45) is 2.54. The van der Waals surface area contributed by atoms with Crippen molar-refractivity contribution in [3.63, 3.8) is 0 Å². The van der Waals surface area contributed by atoms with Gasteiger partial charge in [0.1, 0.15) is 5.70 Å². The number of hydrogen-bond donors (Lipinski definition) is 1. The normalized spacial score (nSPS) is 16.0. The number of benzene rings is 2. The van der Waals surface area contributed by atoms with Gasteiger partial charge in [-0.25, -0.2) is 4.79 Å². The average molecular weight is 473 g/mol. The monoisotopic (exact) mass is 472 g/mol. The number of urea groups is 1. The van der Waals surface area contributed by atoms with Gasteiger partial charge in [0.2, 0.25) is 0 Å². The topological polar surface area (TPSA) is 67.9 Å². The lowest BCUT2D eigenvalue weighted by molar-refractivity contribution is -0.123. The third kappa shape index (κ3) is 5.02. The van der Waals surface area contributed by atoms with Gasteiger partial charge >= 0.3 is 6.03 Å². The Hall–Kier alpha value is -2.80. The van der Waals surface area contributed by atoms with Gasteiger partial charge in [-0.2, -0.15) is 0 Å². The second kappa shape index (κ2) is 9.80. The van der Waals surface area contributed by atoms with Gasteiger partial charge in [0.25, 0.3) is 5.91 Å². The Labute approximate surface area is 185 Å². The molecule has 1 saturated heterocycles. The molecule has 3 rings (SSSR count). The minimum Gasteiger partial charge on any atom is -0.490 e. The van der Waals surface area contributed by atoms with Gasteiger partial charge in [-0.15, -0.1) is 0 Å². The van der Waals surface area contributed by atoms with Gasteiger partial charge < -0.3 is 14.8 Å². The van der Waals surface area contributed by atoms with Crippen LogP contribution in [0.3, 0.4) is 0 Å². The van der Waals surface area contributed by atoms with Gasteiger partial charge in [-0.1, -0.05) is 37.3 Å². The maximum atomic E-state index is 12.8. The van der Waals surface area contributed by atoms with Gasteiger partial charge in [0.15, 0.2) is 11.5 Å². The molecule has 158 valence electrons. The zero-order chi connectivity index (χ0) is 21.7. The summed E-state index contributed by atoms with van der Waals surface area (Å²) in [5.41, 5.74) is 1.82. The smallest absolute Gasteiger partial charge is 0.329 e. The Kier molecular flexibility index (Phi) is 7.15. The zero-order valence-electron chi connectivity index (χ0n) is 17.3. The summed E-state index contributed by atoms with van der Waals surface area (Å²) in [5, 5.41) is 2.66. The van der Waals surface area contributed by atoms with Gasteiger partial charge in [0, 0.05) is 0 Å². The number of rotatable bonds is 8. The van der Waals surface area contributed by atoms with Crippen LogP contribution >= 0.6 is 15.9 Å². The summed E-state index contributed by atoms with van der Waals surface area (Å²) >= 11 is 3.54. The van der Waals surface area contributed by atoms with E-state index in [-0.39, 0.29) is 24.3 Å². The van der Waals surface area contributed by atoms with Crippen molar-refractivity contribution in [2.45, 2.75) is 39.8 Å². The highest BCUT2D eigenvalue weighted by molar-refractivity contribution is 9.10. The molecule has 1 fully saturated rings. The molecule has 0 aliphatic carbocycles. The number of halogens is 1. The molecule has 0 spiro atoms. The van der Waals surface area contributed by atoms with Crippen molar-refractivity contribution in [3.8, 4) is 11.5 Å². The molecule has 1 N–H and O–H groups in total. The van der Waals surface area contributed by atoms with Crippen molar-refractivity contribution >= 4 is 33.9 Å². The Morgan fingerprint density at radius 3 is 2.57 bits per heavy atom. The second-order valence-corrected chi connectivity index (χ2v) is 7.82. The lowest BCUT2D eigenvalue weighted by atomic mass is 10.1. The molecule has 0 saturated carbocycles. The van der Waals surface area contributed by atoms with E-state index in [9.17, 15) is 9.59 Å². The lowest BCUT2D eigenvalue weighted by Gasteiger charge is -2.18. The molecule has 0 unspecified atom stereocenters. The highest BCUT2D eigenvalue weighted by atomic mass is 79.9. The zero-order valence-corrected chi connectivity index (χ0v) is 18.9. The maximum absolute atomic E-state index is 12.8. The van der Waals surface area contributed by atoms with Crippen LogP contribution in [-0.2, 0) is 11.3 Å². The van der Waals surface area contributed by atoms with E-state index in [2.05, 4.69) is 21.2 Å². The number of nitrogens with zero attached hydrogens (tertiary/aromatic N) is 1. The molecule has 7 heteroatoms. The first-order valence-electron chi connectivity index (χ1n) is 9.94. The SMILES string of the molecule is CCOc1cc(/C=C2/NC(=O)N(Cc3ccccc3)C2=O)cc(Br)c1O[C@@H](C)CC. The fourth-order valence-electron chi connectivity index (χ4n) is 2.98. The first kappa shape index (κ1) is 21.9. The van der Waals surface area contributed by atoms with Crippen LogP contribution in [0.4, 0.5) is 4.79 Å². The summed E-state index contributed by atoms with van der Waals surface area (Å²) < 4.78 is 12.5. The molecule has 30 heavy (non-hydrogen) atoms. The van der Waals surface area contributed by atoms with E-state index in [4.69, 9.17) is 9.47 Å². The number of hydrogen-bond acceptors (Lipinski definition) is 4. The number of ether oxygens (including phenoxy) is 2. The number of nitrogens with one attached hydrogen (secondary N) is 1. The molecule has 1 aliphatic rings. The third-order valence-corrected chi connectivity index (χ3v) is 5.27. The summed E-state index contributed by atoms with van der Waals surface area (Å²) in [4.78, 5) is 26.3. The Morgan fingerprint density at radius 2 is 1.90 bits per heavy atom. The number of amides is 3. The van der Waals surface area contributed by atoms with E-state index in [1.807, 2.05) is 57.2 Å². The van der Waals surface area contributed by atoms with Crippen LogP contribution in [0.5, 0.6) is 11.5 Å². The van der Waals surface area contributed by atoms with Crippen LogP contribution in [0.2, 0.25) is 0 Å². The number of carbonyl (C=O) groups is 2. The molecule has 3 amide bonds. The molecule has 6 nitrogen and oxygen atoms in total. The van der Waals surface area contributed by atoms with Crippen LogP contribution in [0, 0.1) is 0 Å². The predicted molar refractivity (Wildman–Crippen MR) is 119 cm³/mol. The van der Waals surface area contributed by atoms with Gasteiger partial charge in [-0.05, 0) is 65.5 Å². The number of imide groups is 1. The van der Waals surface area contributed by atoms with E-state index in [1.165, 1.54) is 4.90 Å². The van der Waals surface area contributed by atoms with Crippen LogP contribution < -0.4 is 14.8 Å². The minimum absolute atomic E-state index is 0.0342. The van der Waals surface area contributed by atoms with Crippen LogP contribution in [0.1, 0.15) is 38.3 Å². The fourth-order valence-corrected chi connectivity index (χ4v) is 3.53. The molecule has 1 atom stereocenters. The average Bonchev–Trinajstić information content (AvgIpc) is 2.98. The van der Waals surface area contributed by atoms with Crippen molar-refractivity contribution in [2.75, 3.05) is 6.61 Å². The van der Waals surface area contributed by atoms with E-state index in [0.717, 1.165) is 16.5 Å². The maximum Gasteiger partial charge on any atom is 0.329 e. The highest BCUT2D eigenvalue weighted by Gasteiger charge is 2.33. The Balaban J connectivity index is 1.87. The van der Waals surface area contributed by atoms with E-state index < -0.39 is 6.03 Å². The Morgan fingerprint density at radius 1 is 1.17 bits per heavy atom. The van der Waals surface area contributed by atoms with Crippen LogP contribution in [-0.4, -0.2) is 29.5 Å². The quantitative estimate of drug-likeness (QED) is 0.427. The molecule has 2 aromatic rings. The molecule has 1 heterocycles. The van der Waals surface area contributed by atoms with Crippen LogP contribution in [0.15, 0.2) is 52.6 Å². The summed E-state index contributed by atoms with van der Waals surface area (Å²) in [6, 6.07) is 12.6. The van der Waals surface area contributed by atoms with E-state index in [1.54, 1.807) is 12.1 Å². The van der Waals surface area contributed by atoms with Crippen molar-refractivity contribution in [1.82, 2.24) is 10.2 Å². The molecular weight excluding hydrogens is 448 g/mol. The highest BCUT2D eigenvalue weighted by Crippen LogP contribution is 2.38. The standard InChI is InChI=1S/C23H25BrN2O4/c1-4-15(3)30-21-18(24)11-17(13-20(21)29-5-2)12-19-22(27)26(23(28)25-19)14-16-9-7-6-8-10-16/h6-13,15H,4-5,14H2,1-3H3,(H,25,28)/b19-12+/t15-/m0/s1.